The maximum atomic E-state index is 6.28. The highest BCUT2D eigenvalue weighted by Crippen LogP contribution is 2.32. The SMILES string of the molecule is CCc1nc2cccc(Cl)c2nc1-c1ccccc1SC. The number of thioether (sulfide) groups is 1. The van der Waals surface area contributed by atoms with Crippen molar-refractivity contribution in [3.05, 3.63) is 53.2 Å². The number of rotatable bonds is 3. The second-order valence-corrected chi connectivity index (χ2v) is 5.94. The highest BCUT2D eigenvalue weighted by molar-refractivity contribution is 7.98. The zero-order valence-electron chi connectivity index (χ0n) is 11.9. The number of aryl methyl sites for hydroxylation is 1. The van der Waals surface area contributed by atoms with Crippen molar-refractivity contribution in [1.82, 2.24) is 9.97 Å². The lowest BCUT2D eigenvalue weighted by Gasteiger charge is -2.12. The second-order valence-electron chi connectivity index (χ2n) is 4.68. The number of halogens is 1. The molecule has 3 rings (SSSR count). The molecule has 0 saturated heterocycles. The van der Waals surface area contributed by atoms with Crippen LogP contribution in [0.25, 0.3) is 22.3 Å². The summed E-state index contributed by atoms with van der Waals surface area (Å²) in [6, 6.07) is 14.0. The Morgan fingerprint density at radius 3 is 2.62 bits per heavy atom. The third kappa shape index (κ3) is 2.63. The molecule has 0 N–H and O–H groups in total. The second kappa shape index (κ2) is 6.04. The molecule has 0 amide bonds. The summed E-state index contributed by atoms with van der Waals surface area (Å²) in [5.74, 6) is 0. The van der Waals surface area contributed by atoms with Crippen molar-refractivity contribution in [2.24, 2.45) is 0 Å². The molecule has 0 saturated carbocycles. The van der Waals surface area contributed by atoms with Crippen LogP contribution < -0.4 is 0 Å². The van der Waals surface area contributed by atoms with Gasteiger partial charge in [-0.2, -0.15) is 0 Å². The molecule has 0 radical (unpaired) electrons. The van der Waals surface area contributed by atoms with E-state index in [1.165, 1.54) is 4.90 Å². The van der Waals surface area contributed by atoms with E-state index >= 15 is 0 Å². The molecule has 0 bridgehead atoms. The summed E-state index contributed by atoms with van der Waals surface area (Å²) in [4.78, 5) is 10.8. The lowest BCUT2D eigenvalue weighted by atomic mass is 10.1. The van der Waals surface area contributed by atoms with Gasteiger partial charge in [-0.05, 0) is 30.9 Å². The minimum atomic E-state index is 0.644. The summed E-state index contributed by atoms with van der Waals surface area (Å²) < 4.78 is 0. The van der Waals surface area contributed by atoms with Gasteiger partial charge in [-0.25, -0.2) is 9.97 Å². The monoisotopic (exact) mass is 314 g/mol. The fourth-order valence-electron chi connectivity index (χ4n) is 2.38. The molecule has 0 aliphatic rings. The van der Waals surface area contributed by atoms with Crippen LogP contribution in [0.3, 0.4) is 0 Å². The van der Waals surface area contributed by atoms with Gasteiger partial charge in [0.15, 0.2) is 0 Å². The molecule has 4 heteroatoms. The van der Waals surface area contributed by atoms with Crippen molar-refractivity contribution >= 4 is 34.4 Å². The summed E-state index contributed by atoms with van der Waals surface area (Å²) in [6.45, 7) is 2.10. The first-order valence-electron chi connectivity index (χ1n) is 6.83. The molecule has 0 unspecified atom stereocenters. The van der Waals surface area contributed by atoms with Crippen LogP contribution in [0.2, 0.25) is 5.02 Å². The predicted molar refractivity (Wildman–Crippen MR) is 91.1 cm³/mol. The molecule has 0 spiro atoms. The number of hydrogen-bond acceptors (Lipinski definition) is 3. The molecule has 2 nitrogen and oxygen atoms in total. The fraction of sp³-hybridized carbons (Fsp3) is 0.176. The first kappa shape index (κ1) is 14.4. The standard InChI is InChI=1S/C17H15ClN2S/c1-3-13-16(11-7-4-5-10-15(11)21-2)20-17-12(18)8-6-9-14(17)19-13/h4-10H,3H2,1-2H3. The molecule has 3 aromatic rings. The van der Waals surface area contributed by atoms with E-state index in [0.29, 0.717) is 5.02 Å². The van der Waals surface area contributed by atoms with Gasteiger partial charge in [-0.1, -0.05) is 42.8 Å². The summed E-state index contributed by atoms with van der Waals surface area (Å²) in [5, 5.41) is 0.644. The van der Waals surface area contributed by atoms with Crippen LogP contribution in [0.4, 0.5) is 0 Å². The van der Waals surface area contributed by atoms with Crippen molar-refractivity contribution in [3.63, 3.8) is 0 Å². The van der Waals surface area contributed by atoms with Gasteiger partial charge in [0.1, 0.15) is 5.52 Å². The van der Waals surface area contributed by atoms with E-state index in [1.807, 2.05) is 30.3 Å². The van der Waals surface area contributed by atoms with Crippen molar-refractivity contribution in [3.8, 4) is 11.3 Å². The van der Waals surface area contributed by atoms with Gasteiger partial charge in [0.25, 0.3) is 0 Å². The molecule has 2 aromatic carbocycles. The van der Waals surface area contributed by atoms with E-state index in [0.717, 1.165) is 34.4 Å². The Balaban J connectivity index is 2.33. The number of hydrogen-bond donors (Lipinski definition) is 0. The molecular formula is C17H15ClN2S. The van der Waals surface area contributed by atoms with Crippen LogP contribution >= 0.6 is 23.4 Å². The maximum absolute atomic E-state index is 6.28. The van der Waals surface area contributed by atoms with Gasteiger partial charge >= 0.3 is 0 Å². The van der Waals surface area contributed by atoms with Crippen LogP contribution in [-0.2, 0) is 6.42 Å². The van der Waals surface area contributed by atoms with E-state index < -0.39 is 0 Å². The molecule has 0 aliphatic carbocycles. The van der Waals surface area contributed by atoms with E-state index in [4.69, 9.17) is 21.6 Å². The van der Waals surface area contributed by atoms with Crippen molar-refractivity contribution < 1.29 is 0 Å². The lowest BCUT2D eigenvalue weighted by Crippen LogP contribution is -1.99. The van der Waals surface area contributed by atoms with E-state index in [-0.39, 0.29) is 0 Å². The Kier molecular flexibility index (Phi) is 4.13. The Labute approximate surface area is 133 Å². The van der Waals surface area contributed by atoms with Gasteiger partial charge in [0, 0.05) is 10.5 Å². The van der Waals surface area contributed by atoms with Gasteiger partial charge in [-0.15, -0.1) is 11.8 Å². The van der Waals surface area contributed by atoms with E-state index in [2.05, 4.69) is 25.3 Å². The molecule has 0 atom stereocenters. The van der Waals surface area contributed by atoms with Crippen LogP contribution in [-0.4, -0.2) is 16.2 Å². The molecular weight excluding hydrogens is 300 g/mol. The number of nitrogens with zero attached hydrogens (tertiary/aromatic N) is 2. The summed E-state index contributed by atoms with van der Waals surface area (Å²) in [7, 11) is 0. The van der Waals surface area contributed by atoms with Gasteiger partial charge in [0.05, 0.1) is 21.9 Å². The van der Waals surface area contributed by atoms with Crippen molar-refractivity contribution in [1.29, 1.82) is 0 Å². The van der Waals surface area contributed by atoms with Gasteiger partial charge in [0.2, 0.25) is 0 Å². The molecule has 1 heterocycles. The average Bonchev–Trinajstić information content (AvgIpc) is 2.54. The quantitative estimate of drug-likeness (QED) is 0.619. The lowest BCUT2D eigenvalue weighted by molar-refractivity contribution is 1.03. The molecule has 0 aliphatic heterocycles. The predicted octanol–water partition coefficient (Wildman–Crippen LogP) is 5.23. The average molecular weight is 315 g/mol. The number of aromatic nitrogens is 2. The number of para-hydroxylation sites is 1. The van der Waals surface area contributed by atoms with Crippen molar-refractivity contribution in [2.45, 2.75) is 18.2 Å². The Bertz CT molecular complexity index is 802. The number of fused-ring (bicyclic) bond motifs is 1. The van der Waals surface area contributed by atoms with Crippen LogP contribution in [0.15, 0.2) is 47.4 Å². The summed E-state index contributed by atoms with van der Waals surface area (Å²) in [6.07, 6.45) is 2.92. The van der Waals surface area contributed by atoms with E-state index in [1.54, 1.807) is 11.8 Å². The Morgan fingerprint density at radius 1 is 1.05 bits per heavy atom. The smallest absolute Gasteiger partial charge is 0.108 e. The molecule has 0 fully saturated rings. The maximum Gasteiger partial charge on any atom is 0.108 e. The minimum Gasteiger partial charge on any atom is -0.249 e. The largest absolute Gasteiger partial charge is 0.249 e. The summed E-state index contributed by atoms with van der Waals surface area (Å²) >= 11 is 8.00. The van der Waals surface area contributed by atoms with Crippen LogP contribution in [0.1, 0.15) is 12.6 Å². The van der Waals surface area contributed by atoms with Gasteiger partial charge < -0.3 is 0 Å². The molecule has 1 aromatic heterocycles. The highest BCUT2D eigenvalue weighted by atomic mass is 35.5. The van der Waals surface area contributed by atoms with Crippen molar-refractivity contribution in [2.75, 3.05) is 6.26 Å². The third-order valence-corrected chi connectivity index (χ3v) is 4.52. The zero-order valence-corrected chi connectivity index (χ0v) is 13.5. The minimum absolute atomic E-state index is 0.644. The zero-order chi connectivity index (χ0) is 14.8. The molecule has 21 heavy (non-hydrogen) atoms. The first-order valence-corrected chi connectivity index (χ1v) is 8.43. The first-order chi connectivity index (χ1) is 10.2. The van der Waals surface area contributed by atoms with Crippen LogP contribution in [0, 0.1) is 0 Å². The third-order valence-electron chi connectivity index (χ3n) is 3.41. The highest BCUT2D eigenvalue weighted by Gasteiger charge is 2.13. The topological polar surface area (TPSA) is 25.8 Å². The molecule has 106 valence electrons. The van der Waals surface area contributed by atoms with E-state index in [9.17, 15) is 0 Å². The normalized spacial score (nSPS) is 11.0. The summed E-state index contributed by atoms with van der Waals surface area (Å²) in [5.41, 5.74) is 4.68. The number of benzene rings is 2. The van der Waals surface area contributed by atoms with Crippen LogP contribution in [0.5, 0.6) is 0 Å². The Morgan fingerprint density at radius 2 is 1.86 bits per heavy atom. The van der Waals surface area contributed by atoms with Gasteiger partial charge in [-0.3, -0.25) is 0 Å². The fourth-order valence-corrected chi connectivity index (χ4v) is 3.19. The Hall–Kier alpha value is -1.58.